The van der Waals surface area contributed by atoms with Gasteiger partial charge in [0.2, 0.25) is 5.88 Å². The predicted molar refractivity (Wildman–Crippen MR) is 122 cm³/mol. The van der Waals surface area contributed by atoms with Crippen LogP contribution in [0.1, 0.15) is 24.8 Å². The highest BCUT2D eigenvalue weighted by atomic mass is 16.5. The van der Waals surface area contributed by atoms with Gasteiger partial charge in [-0.3, -0.25) is 0 Å². The summed E-state index contributed by atoms with van der Waals surface area (Å²) >= 11 is 0. The molecule has 33 heavy (non-hydrogen) atoms. The number of aliphatic hydroxyl groups excluding tert-OH is 2. The van der Waals surface area contributed by atoms with Gasteiger partial charge in [-0.2, -0.15) is 4.98 Å². The van der Waals surface area contributed by atoms with E-state index in [1.165, 1.54) is 0 Å². The van der Waals surface area contributed by atoms with Crippen LogP contribution in [0.2, 0.25) is 0 Å². The lowest BCUT2D eigenvalue weighted by molar-refractivity contribution is 0.0965. The van der Waals surface area contributed by atoms with Crippen LogP contribution in [0.5, 0.6) is 5.88 Å². The predicted octanol–water partition coefficient (Wildman–Crippen LogP) is 1.31. The second kappa shape index (κ2) is 9.12. The fourth-order valence-corrected chi connectivity index (χ4v) is 4.17. The van der Waals surface area contributed by atoms with E-state index >= 15 is 0 Å². The number of ether oxygens (including phenoxy) is 2. The minimum absolute atomic E-state index is 0.0325. The number of nitrogens with one attached hydrogen (secondary N) is 2. The first-order chi connectivity index (χ1) is 16.0. The summed E-state index contributed by atoms with van der Waals surface area (Å²) in [5.74, 6) is 2.21. The van der Waals surface area contributed by atoms with E-state index in [9.17, 15) is 9.90 Å². The Kier molecular flexibility index (Phi) is 6.05. The maximum absolute atomic E-state index is 12.0. The Morgan fingerprint density at radius 2 is 1.91 bits per heavy atom. The number of aliphatic hydroxyl groups is 2. The summed E-state index contributed by atoms with van der Waals surface area (Å²) in [4.78, 5) is 23.9. The van der Waals surface area contributed by atoms with Crippen molar-refractivity contribution >= 4 is 17.5 Å². The molecule has 1 aliphatic carbocycles. The molecule has 1 saturated carbocycles. The van der Waals surface area contributed by atoms with Gasteiger partial charge < -0.3 is 35.2 Å². The first-order valence-electron chi connectivity index (χ1n) is 11.4. The second-order valence-corrected chi connectivity index (χ2v) is 8.79. The third-order valence-corrected chi connectivity index (χ3v) is 6.32. The van der Waals surface area contributed by atoms with Crippen LogP contribution in [0.15, 0.2) is 24.3 Å². The Hall–Kier alpha value is -2.95. The van der Waals surface area contributed by atoms with Gasteiger partial charge in [-0.1, -0.05) is 0 Å². The molecule has 3 heterocycles. The molecule has 10 heteroatoms. The number of carbonyl (C=O) groups excluding carboxylic acids is 1. The van der Waals surface area contributed by atoms with E-state index < -0.39 is 18.7 Å². The van der Waals surface area contributed by atoms with E-state index in [4.69, 9.17) is 24.5 Å². The average molecular weight is 456 g/mol. The largest absolute Gasteiger partial charge is 0.471 e. The molecule has 1 saturated heterocycles. The van der Waals surface area contributed by atoms with Crippen LogP contribution >= 0.6 is 0 Å². The van der Waals surface area contributed by atoms with Gasteiger partial charge in [-0.05, 0) is 49.9 Å². The average Bonchev–Trinajstić information content (AvgIpc) is 3.60. The summed E-state index contributed by atoms with van der Waals surface area (Å²) in [6, 6.07) is 6.81. The molecule has 0 radical (unpaired) electrons. The van der Waals surface area contributed by atoms with Crippen molar-refractivity contribution in [3.8, 4) is 17.3 Å². The van der Waals surface area contributed by atoms with Crippen molar-refractivity contribution < 1.29 is 24.5 Å². The molecule has 2 aliphatic heterocycles. The van der Waals surface area contributed by atoms with Gasteiger partial charge in [-0.25, -0.2) is 9.78 Å². The molecule has 176 valence electrons. The summed E-state index contributed by atoms with van der Waals surface area (Å²) in [6.45, 7) is 2.49. The van der Waals surface area contributed by atoms with Gasteiger partial charge in [0.15, 0.2) is 5.82 Å². The minimum Gasteiger partial charge on any atom is -0.471 e. The first-order valence-corrected chi connectivity index (χ1v) is 11.4. The number of urea groups is 1. The zero-order valence-electron chi connectivity index (χ0n) is 18.4. The molecule has 1 spiro atoms. The lowest BCUT2D eigenvalue weighted by Gasteiger charge is -2.33. The molecule has 1 unspecified atom stereocenters. The van der Waals surface area contributed by atoms with E-state index in [0.717, 1.165) is 55.7 Å². The van der Waals surface area contributed by atoms with E-state index in [2.05, 4.69) is 15.5 Å². The Labute approximate surface area is 191 Å². The van der Waals surface area contributed by atoms with Crippen LogP contribution in [0.25, 0.3) is 11.4 Å². The third-order valence-electron chi connectivity index (χ3n) is 6.32. The van der Waals surface area contributed by atoms with E-state index in [-0.39, 0.29) is 12.1 Å². The zero-order chi connectivity index (χ0) is 22.8. The van der Waals surface area contributed by atoms with Crippen LogP contribution in [0.4, 0.5) is 16.3 Å². The fourth-order valence-electron chi connectivity index (χ4n) is 4.17. The summed E-state index contributed by atoms with van der Waals surface area (Å²) in [5.41, 5.74) is 2.46. The van der Waals surface area contributed by atoms with Crippen molar-refractivity contribution in [1.82, 2.24) is 15.3 Å². The standard InChI is InChI=1S/C23H29N5O5/c29-14-17(30)13-24-22(31)25-16-3-1-15(2-4-16)19-26-20(28-9-11-32-12-10-28)18-5-6-23(7-8-23)33-21(18)27-19/h1-4,17,29-30H,5-14H2,(H2,24,25,31). The molecule has 0 bridgehead atoms. The molecule has 1 aromatic carbocycles. The Morgan fingerprint density at radius 3 is 2.61 bits per heavy atom. The Balaban J connectivity index is 1.36. The van der Waals surface area contributed by atoms with Gasteiger partial charge in [0.05, 0.1) is 31.5 Å². The molecule has 10 nitrogen and oxygen atoms in total. The van der Waals surface area contributed by atoms with Crippen molar-refractivity contribution in [3.63, 3.8) is 0 Å². The smallest absolute Gasteiger partial charge is 0.319 e. The lowest BCUT2D eigenvalue weighted by Crippen LogP contribution is -2.38. The summed E-state index contributed by atoms with van der Waals surface area (Å²) in [5, 5.41) is 23.4. The fraction of sp³-hybridized carbons (Fsp3) is 0.522. The summed E-state index contributed by atoms with van der Waals surface area (Å²) in [6.07, 6.45) is 3.10. The normalized spacial score (nSPS) is 19.4. The van der Waals surface area contributed by atoms with E-state index in [0.29, 0.717) is 30.6 Å². The van der Waals surface area contributed by atoms with E-state index in [1.807, 2.05) is 12.1 Å². The minimum atomic E-state index is -0.989. The topological polar surface area (TPSA) is 129 Å². The number of morpholine rings is 1. The number of anilines is 2. The van der Waals surface area contributed by atoms with Gasteiger partial charge in [0, 0.05) is 30.9 Å². The van der Waals surface area contributed by atoms with Crippen molar-refractivity contribution in [2.75, 3.05) is 49.7 Å². The lowest BCUT2D eigenvalue weighted by atomic mass is 10.0. The number of aromatic nitrogens is 2. The van der Waals surface area contributed by atoms with Crippen molar-refractivity contribution in [1.29, 1.82) is 0 Å². The molecule has 1 aromatic heterocycles. The second-order valence-electron chi connectivity index (χ2n) is 8.79. The van der Waals surface area contributed by atoms with Crippen molar-refractivity contribution in [3.05, 3.63) is 29.8 Å². The molecule has 1 atom stereocenters. The number of amides is 2. The molecular weight excluding hydrogens is 426 g/mol. The molecule has 2 aromatic rings. The summed E-state index contributed by atoms with van der Waals surface area (Å²) < 4.78 is 11.9. The zero-order valence-corrected chi connectivity index (χ0v) is 18.4. The van der Waals surface area contributed by atoms with Crippen molar-refractivity contribution in [2.24, 2.45) is 0 Å². The first kappa shape index (κ1) is 21.9. The molecule has 4 N–H and O–H groups in total. The Morgan fingerprint density at radius 1 is 1.15 bits per heavy atom. The SMILES string of the molecule is O=C(NCC(O)CO)Nc1ccc(-c2nc3c(c(N4CCOCC4)n2)CCC2(CC2)O3)cc1. The van der Waals surface area contributed by atoms with Gasteiger partial charge in [0.1, 0.15) is 11.4 Å². The highest BCUT2D eigenvalue weighted by Gasteiger charge is 2.48. The van der Waals surface area contributed by atoms with Crippen molar-refractivity contribution in [2.45, 2.75) is 37.4 Å². The number of carbonyl (C=O) groups is 1. The van der Waals surface area contributed by atoms with Crippen LogP contribution in [-0.4, -0.2) is 77.4 Å². The monoisotopic (exact) mass is 455 g/mol. The van der Waals surface area contributed by atoms with Crippen LogP contribution in [0.3, 0.4) is 0 Å². The summed E-state index contributed by atoms with van der Waals surface area (Å²) in [7, 11) is 0. The molecular formula is C23H29N5O5. The number of benzene rings is 1. The van der Waals surface area contributed by atoms with Crippen LogP contribution in [-0.2, 0) is 11.2 Å². The van der Waals surface area contributed by atoms with Crippen LogP contribution < -0.4 is 20.3 Å². The Bertz CT molecular complexity index is 1010. The number of hydrogen-bond donors (Lipinski definition) is 4. The molecule has 5 rings (SSSR count). The van der Waals surface area contributed by atoms with Crippen LogP contribution in [0, 0.1) is 0 Å². The molecule has 2 fully saturated rings. The number of hydrogen-bond acceptors (Lipinski definition) is 8. The number of rotatable bonds is 6. The highest BCUT2D eigenvalue weighted by molar-refractivity contribution is 5.89. The number of nitrogens with zero attached hydrogens (tertiary/aromatic N) is 3. The van der Waals surface area contributed by atoms with Gasteiger partial charge in [-0.15, -0.1) is 0 Å². The van der Waals surface area contributed by atoms with Gasteiger partial charge >= 0.3 is 6.03 Å². The van der Waals surface area contributed by atoms with Gasteiger partial charge in [0.25, 0.3) is 0 Å². The highest BCUT2D eigenvalue weighted by Crippen LogP contribution is 2.49. The maximum Gasteiger partial charge on any atom is 0.319 e. The van der Waals surface area contributed by atoms with E-state index in [1.54, 1.807) is 12.1 Å². The quantitative estimate of drug-likeness (QED) is 0.513. The number of fused-ring (bicyclic) bond motifs is 1. The third kappa shape index (κ3) is 4.87. The maximum atomic E-state index is 12.0. The molecule has 2 amide bonds. The molecule has 3 aliphatic rings.